The maximum Gasteiger partial charge on any atom is 0.0757 e. The third kappa shape index (κ3) is 6.36. The van der Waals surface area contributed by atoms with E-state index in [-0.39, 0.29) is 37.2 Å². The molecule has 0 aromatic heterocycles. The molecule has 0 heterocycles. The van der Waals surface area contributed by atoms with Gasteiger partial charge in [-0.25, -0.2) is 0 Å². The van der Waals surface area contributed by atoms with Crippen LogP contribution in [0.4, 0.5) is 0 Å². The summed E-state index contributed by atoms with van der Waals surface area (Å²) < 4.78 is 1.28. The molecule has 80 valence electrons. The van der Waals surface area contributed by atoms with Crippen molar-refractivity contribution < 1.29 is 16.9 Å². The molecule has 0 saturated carbocycles. The van der Waals surface area contributed by atoms with E-state index in [1.807, 2.05) is 0 Å². The fourth-order valence-corrected chi connectivity index (χ4v) is 1.34. The van der Waals surface area contributed by atoms with Gasteiger partial charge in [-0.05, 0) is 27.7 Å². The molecule has 0 N–H and O–H groups in total. The smallest absolute Gasteiger partial charge is 0.0757 e. The number of hydrogen-bond acceptors (Lipinski definition) is 0. The Bertz CT molecular complexity index is 57.2. The Balaban J connectivity index is -0.000000107. The quantitative estimate of drug-likeness (QED) is 0.592. The molecule has 0 atom stereocenters. The molecule has 0 aromatic carbocycles. The summed E-state index contributed by atoms with van der Waals surface area (Å²) in [4.78, 5) is 0. The molecule has 0 fully saturated rings. The highest BCUT2D eigenvalue weighted by molar-refractivity contribution is 5.85. The largest absolute Gasteiger partial charge is 1.00 e. The standard InChI is InChI=1S/C8H20N.3ClH/c1-5-9(6-2,7-3)8-4;;;/h5-8H2,1-4H3;3*1H/q+1;;;/p-1. The summed E-state index contributed by atoms with van der Waals surface area (Å²) in [5, 5.41) is 0. The molecule has 4 heteroatoms. The van der Waals surface area contributed by atoms with Gasteiger partial charge in [0.1, 0.15) is 0 Å². The minimum Gasteiger partial charge on any atom is -1.00 e. The molecular formula is C8H22Cl3N. The number of nitrogens with zero attached hydrogens (tertiary/aromatic N) is 1. The zero-order valence-corrected chi connectivity index (χ0v) is 10.9. The summed E-state index contributed by atoms with van der Waals surface area (Å²) in [5.74, 6) is 0. The van der Waals surface area contributed by atoms with E-state index in [1.165, 1.54) is 30.7 Å². The summed E-state index contributed by atoms with van der Waals surface area (Å²) in [7, 11) is 0. The highest BCUT2D eigenvalue weighted by Crippen LogP contribution is 2.03. The lowest BCUT2D eigenvalue weighted by atomic mass is 10.3. The van der Waals surface area contributed by atoms with Crippen molar-refractivity contribution in [2.45, 2.75) is 27.7 Å². The molecule has 12 heavy (non-hydrogen) atoms. The fraction of sp³-hybridized carbons (Fsp3) is 1.00. The first kappa shape index (κ1) is 23.0. The molecule has 0 radical (unpaired) electrons. The Morgan fingerprint density at radius 2 is 0.833 bits per heavy atom. The molecule has 0 unspecified atom stereocenters. The van der Waals surface area contributed by atoms with Crippen LogP contribution in [0.15, 0.2) is 0 Å². The van der Waals surface area contributed by atoms with Crippen molar-refractivity contribution in [1.82, 2.24) is 0 Å². The van der Waals surface area contributed by atoms with E-state index in [4.69, 9.17) is 0 Å². The molecular weight excluding hydrogens is 216 g/mol. The minimum atomic E-state index is 0. The van der Waals surface area contributed by atoms with Crippen molar-refractivity contribution in [3.8, 4) is 0 Å². The fourth-order valence-electron chi connectivity index (χ4n) is 1.34. The van der Waals surface area contributed by atoms with Gasteiger partial charge in [-0.1, -0.05) is 0 Å². The Hall–Kier alpha value is 0.830. The van der Waals surface area contributed by atoms with E-state index in [0.29, 0.717) is 0 Å². The van der Waals surface area contributed by atoms with Crippen LogP contribution in [-0.4, -0.2) is 30.7 Å². The third-order valence-electron chi connectivity index (χ3n) is 2.68. The van der Waals surface area contributed by atoms with Crippen molar-refractivity contribution in [2.75, 3.05) is 26.2 Å². The highest BCUT2D eigenvalue weighted by Gasteiger charge is 2.16. The number of quaternary nitrogens is 1. The first-order valence-corrected chi connectivity index (χ1v) is 4.09. The Morgan fingerprint density at radius 1 is 0.667 bits per heavy atom. The Morgan fingerprint density at radius 3 is 0.833 bits per heavy atom. The van der Waals surface area contributed by atoms with Crippen LogP contribution in [-0.2, 0) is 0 Å². The Kier molecular flexibility index (Phi) is 22.7. The van der Waals surface area contributed by atoms with E-state index in [9.17, 15) is 0 Å². The third-order valence-corrected chi connectivity index (χ3v) is 2.68. The van der Waals surface area contributed by atoms with Gasteiger partial charge in [0.15, 0.2) is 0 Å². The topological polar surface area (TPSA) is 0 Å². The molecule has 0 aromatic rings. The van der Waals surface area contributed by atoms with Gasteiger partial charge in [-0.15, -0.1) is 24.8 Å². The first-order chi connectivity index (χ1) is 4.24. The SMILES string of the molecule is CC[N+](CC)(CC)CC.Cl.Cl.[Cl-]. The van der Waals surface area contributed by atoms with Gasteiger partial charge in [0.25, 0.3) is 0 Å². The van der Waals surface area contributed by atoms with Crippen LogP contribution < -0.4 is 12.4 Å². The lowest BCUT2D eigenvalue weighted by Crippen LogP contribution is -3.00. The van der Waals surface area contributed by atoms with Crippen LogP contribution in [0.25, 0.3) is 0 Å². The van der Waals surface area contributed by atoms with E-state index in [0.717, 1.165) is 0 Å². The monoisotopic (exact) mass is 237 g/mol. The van der Waals surface area contributed by atoms with Gasteiger partial charge >= 0.3 is 0 Å². The van der Waals surface area contributed by atoms with E-state index in [1.54, 1.807) is 0 Å². The normalized spacial score (nSPS) is 9.00. The summed E-state index contributed by atoms with van der Waals surface area (Å²) in [6.07, 6.45) is 0. The van der Waals surface area contributed by atoms with Crippen molar-refractivity contribution in [2.24, 2.45) is 0 Å². The number of rotatable bonds is 4. The molecule has 0 spiro atoms. The van der Waals surface area contributed by atoms with Crippen LogP contribution in [0.1, 0.15) is 27.7 Å². The lowest BCUT2D eigenvalue weighted by molar-refractivity contribution is -0.921. The van der Waals surface area contributed by atoms with Gasteiger partial charge in [-0.2, -0.15) is 0 Å². The van der Waals surface area contributed by atoms with Crippen molar-refractivity contribution >= 4 is 24.8 Å². The number of hydrogen-bond donors (Lipinski definition) is 0. The van der Waals surface area contributed by atoms with Gasteiger partial charge < -0.3 is 16.9 Å². The summed E-state index contributed by atoms with van der Waals surface area (Å²) in [5.41, 5.74) is 0. The second-order valence-electron chi connectivity index (χ2n) is 2.61. The van der Waals surface area contributed by atoms with Crippen LogP contribution in [0.3, 0.4) is 0 Å². The number of halogens is 3. The van der Waals surface area contributed by atoms with Crippen molar-refractivity contribution in [3.63, 3.8) is 0 Å². The van der Waals surface area contributed by atoms with Crippen molar-refractivity contribution in [1.29, 1.82) is 0 Å². The molecule has 0 rings (SSSR count). The molecule has 0 amide bonds. The maximum absolute atomic E-state index is 2.27. The van der Waals surface area contributed by atoms with E-state index < -0.39 is 0 Å². The highest BCUT2D eigenvalue weighted by atomic mass is 35.5. The summed E-state index contributed by atoms with van der Waals surface area (Å²) in [6, 6.07) is 0. The molecule has 0 aliphatic heterocycles. The van der Waals surface area contributed by atoms with Crippen LogP contribution in [0.5, 0.6) is 0 Å². The van der Waals surface area contributed by atoms with Crippen molar-refractivity contribution in [3.05, 3.63) is 0 Å². The van der Waals surface area contributed by atoms with Gasteiger partial charge in [0, 0.05) is 0 Å². The molecule has 1 nitrogen and oxygen atoms in total. The molecule has 0 aliphatic rings. The first-order valence-electron chi connectivity index (χ1n) is 4.09. The molecule has 0 bridgehead atoms. The zero-order chi connectivity index (χ0) is 7.33. The predicted molar refractivity (Wildman–Crippen MR) is 56.9 cm³/mol. The Labute approximate surface area is 95.7 Å². The van der Waals surface area contributed by atoms with E-state index in [2.05, 4.69) is 27.7 Å². The maximum atomic E-state index is 2.27. The summed E-state index contributed by atoms with van der Waals surface area (Å²) >= 11 is 0. The van der Waals surface area contributed by atoms with Gasteiger partial charge in [-0.3, -0.25) is 0 Å². The predicted octanol–water partition coefficient (Wildman–Crippen LogP) is -0.270. The molecule has 0 saturated heterocycles. The minimum absolute atomic E-state index is 0. The van der Waals surface area contributed by atoms with E-state index >= 15 is 0 Å². The van der Waals surface area contributed by atoms with Crippen LogP contribution in [0, 0.1) is 0 Å². The second-order valence-corrected chi connectivity index (χ2v) is 2.61. The van der Waals surface area contributed by atoms with Gasteiger partial charge in [0.2, 0.25) is 0 Å². The lowest BCUT2D eigenvalue weighted by Gasteiger charge is -2.34. The summed E-state index contributed by atoms with van der Waals surface area (Å²) in [6.45, 7) is 14.2. The average Bonchev–Trinajstić information content (AvgIpc) is 1.95. The average molecular weight is 239 g/mol. The van der Waals surface area contributed by atoms with Crippen LogP contribution >= 0.6 is 24.8 Å². The zero-order valence-electron chi connectivity index (χ0n) is 8.47. The molecule has 0 aliphatic carbocycles. The van der Waals surface area contributed by atoms with Crippen LogP contribution in [0.2, 0.25) is 0 Å². The van der Waals surface area contributed by atoms with Gasteiger partial charge in [0.05, 0.1) is 26.2 Å². The second kappa shape index (κ2) is 11.8.